The van der Waals surface area contributed by atoms with Gasteiger partial charge in [0.15, 0.2) is 6.10 Å². The summed E-state index contributed by atoms with van der Waals surface area (Å²) in [4.78, 5) is 37.4. The molecule has 2 amide bonds. The second kappa shape index (κ2) is 8.02. The minimum Gasteiger partial charge on any atom is -0.467 e. The van der Waals surface area contributed by atoms with Crippen molar-refractivity contribution in [2.45, 2.75) is 19.1 Å². The summed E-state index contributed by atoms with van der Waals surface area (Å²) >= 11 is 0. The number of hydrogen-bond donors (Lipinski definition) is 2. The standard InChI is InChI=1S/C22H18N2O5/c25-20(23-13-15-7-5-11-28-15)17-9-3-4-10-18(17)24-21(26)19-12-14-6-1-2-8-16(14)22(27)29-19/h1-11,19H,12-13H2,(H,23,25)(H,24,26). The van der Waals surface area contributed by atoms with Gasteiger partial charge in [0.2, 0.25) is 0 Å². The van der Waals surface area contributed by atoms with Gasteiger partial charge in [0.05, 0.1) is 29.6 Å². The lowest BCUT2D eigenvalue weighted by Gasteiger charge is -2.24. The number of rotatable bonds is 5. The Balaban J connectivity index is 1.46. The average Bonchev–Trinajstić information content (AvgIpc) is 3.26. The van der Waals surface area contributed by atoms with Crippen LogP contribution in [-0.4, -0.2) is 23.9 Å². The van der Waals surface area contributed by atoms with Gasteiger partial charge < -0.3 is 19.8 Å². The first kappa shape index (κ1) is 18.5. The van der Waals surface area contributed by atoms with Gasteiger partial charge >= 0.3 is 5.97 Å². The zero-order chi connectivity index (χ0) is 20.2. The summed E-state index contributed by atoms with van der Waals surface area (Å²) in [5.74, 6) is -0.758. The fraction of sp³-hybridized carbons (Fsp3) is 0.136. The molecule has 0 fully saturated rings. The summed E-state index contributed by atoms with van der Waals surface area (Å²) < 4.78 is 10.5. The Morgan fingerprint density at radius 3 is 2.62 bits per heavy atom. The van der Waals surface area contributed by atoms with Crippen molar-refractivity contribution >= 4 is 23.5 Å². The highest BCUT2D eigenvalue weighted by molar-refractivity contribution is 6.05. The van der Waals surface area contributed by atoms with E-state index in [1.165, 1.54) is 6.26 Å². The number of fused-ring (bicyclic) bond motifs is 1. The highest BCUT2D eigenvalue weighted by atomic mass is 16.5. The van der Waals surface area contributed by atoms with Crippen molar-refractivity contribution in [3.05, 3.63) is 89.4 Å². The third-order valence-electron chi connectivity index (χ3n) is 4.62. The molecule has 2 N–H and O–H groups in total. The number of cyclic esters (lactones) is 1. The Morgan fingerprint density at radius 2 is 1.79 bits per heavy atom. The normalized spacial score (nSPS) is 15.2. The maximum atomic E-state index is 12.7. The van der Waals surface area contributed by atoms with E-state index in [1.54, 1.807) is 54.6 Å². The van der Waals surface area contributed by atoms with E-state index in [2.05, 4.69) is 10.6 Å². The van der Waals surface area contributed by atoms with Crippen LogP contribution in [0.1, 0.15) is 32.0 Å². The van der Waals surface area contributed by atoms with Gasteiger partial charge in [-0.3, -0.25) is 9.59 Å². The van der Waals surface area contributed by atoms with Crippen molar-refractivity contribution in [2.24, 2.45) is 0 Å². The van der Waals surface area contributed by atoms with Crippen LogP contribution in [0.2, 0.25) is 0 Å². The molecular weight excluding hydrogens is 372 g/mol. The number of amides is 2. The number of nitrogens with one attached hydrogen (secondary N) is 2. The Hall–Kier alpha value is -3.87. The van der Waals surface area contributed by atoms with Crippen molar-refractivity contribution in [2.75, 3.05) is 5.32 Å². The molecule has 1 aromatic heterocycles. The van der Waals surface area contributed by atoms with Crippen molar-refractivity contribution < 1.29 is 23.5 Å². The molecule has 7 heteroatoms. The summed E-state index contributed by atoms with van der Waals surface area (Å²) in [6.07, 6.45) is 0.844. The van der Waals surface area contributed by atoms with Gasteiger partial charge in [0.1, 0.15) is 5.76 Å². The van der Waals surface area contributed by atoms with Gasteiger partial charge in [-0.15, -0.1) is 0 Å². The number of anilines is 1. The lowest BCUT2D eigenvalue weighted by molar-refractivity contribution is -0.125. The molecule has 4 rings (SSSR count). The van der Waals surface area contributed by atoms with Gasteiger partial charge in [-0.1, -0.05) is 30.3 Å². The van der Waals surface area contributed by atoms with E-state index >= 15 is 0 Å². The Kier molecular flexibility index (Phi) is 5.11. The quantitative estimate of drug-likeness (QED) is 0.653. The van der Waals surface area contributed by atoms with Crippen LogP contribution in [-0.2, 0) is 22.5 Å². The van der Waals surface area contributed by atoms with E-state index in [1.807, 2.05) is 6.07 Å². The molecule has 0 bridgehead atoms. The third kappa shape index (κ3) is 4.03. The number of hydrogen-bond acceptors (Lipinski definition) is 5. The molecule has 0 saturated heterocycles. The van der Waals surface area contributed by atoms with E-state index in [4.69, 9.17) is 9.15 Å². The van der Waals surface area contributed by atoms with Crippen LogP contribution in [0.5, 0.6) is 0 Å². The first-order chi connectivity index (χ1) is 14.1. The maximum absolute atomic E-state index is 12.7. The summed E-state index contributed by atoms with van der Waals surface area (Å²) in [5.41, 5.74) is 1.86. The summed E-state index contributed by atoms with van der Waals surface area (Å²) in [6, 6.07) is 17.2. The van der Waals surface area contributed by atoms with Crippen LogP contribution in [0.4, 0.5) is 5.69 Å². The molecule has 0 saturated carbocycles. The Morgan fingerprint density at radius 1 is 1.00 bits per heavy atom. The third-order valence-corrected chi connectivity index (χ3v) is 4.62. The number of benzene rings is 2. The van der Waals surface area contributed by atoms with Crippen LogP contribution in [0, 0.1) is 0 Å². The minimum atomic E-state index is -0.961. The Labute approximate surface area is 166 Å². The van der Waals surface area contributed by atoms with Crippen LogP contribution < -0.4 is 10.6 Å². The van der Waals surface area contributed by atoms with Gasteiger partial charge in [-0.05, 0) is 35.9 Å². The number of esters is 1. The average molecular weight is 390 g/mol. The fourth-order valence-corrected chi connectivity index (χ4v) is 3.16. The highest BCUT2D eigenvalue weighted by Gasteiger charge is 2.31. The first-order valence-corrected chi connectivity index (χ1v) is 9.11. The van der Waals surface area contributed by atoms with Crippen LogP contribution in [0.15, 0.2) is 71.3 Å². The Bertz CT molecular complexity index is 1060. The predicted octanol–water partition coefficient (Wildman–Crippen LogP) is 2.93. The predicted molar refractivity (Wildman–Crippen MR) is 104 cm³/mol. The zero-order valence-corrected chi connectivity index (χ0v) is 15.4. The molecule has 0 aliphatic carbocycles. The van der Waals surface area contributed by atoms with Gasteiger partial charge in [0, 0.05) is 6.42 Å². The van der Waals surface area contributed by atoms with E-state index in [0.29, 0.717) is 22.6 Å². The first-order valence-electron chi connectivity index (χ1n) is 9.11. The highest BCUT2D eigenvalue weighted by Crippen LogP contribution is 2.22. The lowest BCUT2D eigenvalue weighted by Crippen LogP contribution is -2.38. The molecule has 29 heavy (non-hydrogen) atoms. The SMILES string of the molecule is O=C1OC(C(=O)Nc2ccccc2C(=O)NCc2ccco2)Cc2ccccc21. The minimum absolute atomic E-state index is 0.227. The molecule has 7 nitrogen and oxygen atoms in total. The molecule has 2 aromatic carbocycles. The van der Waals surface area contributed by atoms with E-state index in [-0.39, 0.29) is 18.9 Å². The van der Waals surface area contributed by atoms with Crippen molar-refractivity contribution in [1.82, 2.24) is 5.32 Å². The smallest absolute Gasteiger partial charge is 0.339 e. The summed E-state index contributed by atoms with van der Waals surface area (Å²) in [5, 5.41) is 5.45. The molecule has 1 unspecified atom stereocenters. The molecule has 1 aliphatic heterocycles. The van der Waals surface area contributed by atoms with Crippen molar-refractivity contribution in [3.63, 3.8) is 0 Å². The summed E-state index contributed by atoms with van der Waals surface area (Å²) in [7, 11) is 0. The van der Waals surface area contributed by atoms with Crippen LogP contribution in [0.3, 0.4) is 0 Å². The molecule has 1 atom stereocenters. The molecule has 1 aliphatic rings. The second-order valence-electron chi connectivity index (χ2n) is 6.55. The van der Waals surface area contributed by atoms with E-state index < -0.39 is 18.0 Å². The number of para-hydroxylation sites is 1. The van der Waals surface area contributed by atoms with Crippen LogP contribution >= 0.6 is 0 Å². The number of furan rings is 1. The van der Waals surface area contributed by atoms with Gasteiger partial charge in [-0.25, -0.2) is 4.79 Å². The van der Waals surface area contributed by atoms with E-state index in [9.17, 15) is 14.4 Å². The monoisotopic (exact) mass is 390 g/mol. The van der Waals surface area contributed by atoms with E-state index in [0.717, 1.165) is 5.56 Å². The topological polar surface area (TPSA) is 97.6 Å². The lowest BCUT2D eigenvalue weighted by atomic mass is 9.98. The molecule has 146 valence electrons. The van der Waals surface area contributed by atoms with Crippen molar-refractivity contribution in [1.29, 1.82) is 0 Å². The molecule has 0 radical (unpaired) electrons. The van der Waals surface area contributed by atoms with Crippen LogP contribution in [0.25, 0.3) is 0 Å². The summed E-state index contributed by atoms with van der Waals surface area (Å²) in [6.45, 7) is 0.227. The van der Waals surface area contributed by atoms with Gasteiger partial charge in [0.25, 0.3) is 11.8 Å². The largest absolute Gasteiger partial charge is 0.467 e. The maximum Gasteiger partial charge on any atom is 0.339 e. The molecule has 0 spiro atoms. The van der Waals surface area contributed by atoms with Crippen molar-refractivity contribution in [3.8, 4) is 0 Å². The number of ether oxygens (including phenoxy) is 1. The number of carbonyl (C=O) groups excluding carboxylic acids is 3. The fourth-order valence-electron chi connectivity index (χ4n) is 3.16. The van der Waals surface area contributed by atoms with Gasteiger partial charge in [-0.2, -0.15) is 0 Å². The molecule has 3 aromatic rings. The molecule has 2 heterocycles. The second-order valence-corrected chi connectivity index (χ2v) is 6.55. The zero-order valence-electron chi connectivity index (χ0n) is 15.4. The molecular formula is C22H18N2O5. The number of carbonyl (C=O) groups is 3.